The third-order valence-corrected chi connectivity index (χ3v) is 3.97. The molecular weight excluding hydrogens is 354 g/mol. The van der Waals surface area contributed by atoms with Crippen LogP contribution in [0.5, 0.6) is 0 Å². The summed E-state index contributed by atoms with van der Waals surface area (Å²) in [6.45, 7) is 7.49. The smallest absolute Gasteiger partial charge is 0.191 e. The molecule has 0 saturated heterocycles. The van der Waals surface area contributed by atoms with Crippen molar-refractivity contribution >= 4 is 21.9 Å². The van der Waals surface area contributed by atoms with Gasteiger partial charge in [-0.2, -0.15) is 5.10 Å². The second-order valence-corrected chi connectivity index (χ2v) is 6.23. The number of nitrogens with zero attached hydrogens (tertiary/aromatic N) is 3. The predicted octanol–water partition coefficient (Wildman–Crippen LogP) is 3.10. The van der Waals surface area contributed by atoms with Crippen LogP contribution in [0, 0.1) is 6.92 Å². The van der Waals surface area contributed by atoms with Gasteiger partial charge in [0, 0.05) is 36.5 Å². The standard InChI is InChI=1S/C17H24BrN5/c1-3-19-17(20-8-4-10-23-11-5-9-22-23)21-13-15-6-7-16(18)12-14(15)2/h5-7,9,11-12H,3-4,8,10,13H2,1-2H3,(H2,19,20,21). The molecule has 2 N–H and O–H groups in total. The molecule has 2 aromatic rings. The highest BCUT2D eigenvalue weighted by molar-refractivity contribution is 9.10. The molecule has 0 atom stereocenters. The second kappa shape index (κ2) is 9.35. The van der Waals surface area contributed by atoms with Gasteiger partial charge in [0.2, 0.25) is 0 Å². The number of aliphatic imine (C=N–C) groups is 1. The molecule has 6 heteroatoms. The van der Waals surface area contributed by atoms with Gasteiger partial charge in [-0.1, -0.05) is 22.0 Å². The summed E-state index contributed by atoms with van der Waals surface area (Å²) in [7, 11) is 0. The lowest BCUT2D eigenvalue weighted by atomic mass is 10.1. The SMILES string of the molecule is CCNC(=NCc1ccc(Br)cc1C)NCCCn1cccn1. The van der Waals surface area contributed by atoms with E-state index in [9.17, 15) is 0 Å². The van der Waals surface area contributed by atoms with Gasteiger partial charge in [0.15, 0.2) is 5.96 Å². The number of guanidine groups is 1. The van der Waals surface area contributed by atoms with Crippen LogP contribution in [-0.4, -0.2) is 28.8 Å². The molecular formula is C17H24BrN5. The minimum Gasteiger partial charge on any atom is -0.357 e. The maximum absolute atomic E-state index is 4.67. The first-order chi connectivity index (χ1) is 11.2. The Labute approximate surface area is 146 Å². The van der Waals surface area contributed by atoms with Crippen LogP contribution >= 0.6 is 15.9 Å². The highest BCUT2D eigenvalue weighted by Gasteiger charge is 2.01. The molecule has 1 aromatic carbocycles. The average molecular weight is 378 g/mol. The Balaban J connectivity index is 1.84. The molecule has 2 rings (SSSR count). The molecule has 124 valence electrons. The molecule has 0 fully saturated rings. The van der Waals surface area contributed by atoms with Gasteiger partial charge in [0.25, 0.3) is 0 Å². The van der Waals surface area contributed by atoms with Crippen LogP contribution in [0.2, 0.25) is 0 Å². The normalized spacial score (nSPS) is 11.5. The number of halogens is 1. The molecule has 23 heavy (non-hydrogen) atoms. The van der Waals surface area contributed by atoms with E-state index in [-0.39, 0.29) is 0 Å². The van der Waals surface area contributed by atoms with Crippen LogP contribution < -0.4 is 10.6 Å². The van der Waals surface area contributed by atoms with Gasteiger partial charge in [-0.15, -0.1) is 0 Å². The number of hydrogen-bond donors (Lipinski definition) is 2. The Morgan fingerprint density at radius 1 is 1.35 bits per heavy atom. The summed E-state index contributed by atoms with van der Waals surface area (Å²) in [6, 6.07) is 8.24. The van der Waals surface area contributed by atoms with Crippen molar-refractivity contribution in [1.82, 2.24) is 20.4 Å². The van der Waals surface area contributed by atoms with Crippen LogP contribution in [0.25, 0.3) is 0 Å². The molecule has 0 unspecified atom stereocenters. The van der Waals surface area contributed by atoms with Gasteiger partial charge in [0.05, 0.1) is 6.54 Å². The van der Waals surface area contributed by atoms with Crippen molar-refractivity contribution in [3.05, 3.63) is 52.3 Å². The topological polar surface area (TPSA) is 54.2 Å². The van der Waals surface area contributed by atoms with E-state index in [1.807, 2.05) is 16.9 Å². The number of rotatable bonds is 7. The summed E-state index contributed by atoms with van der Waals surface area (Å²) in [4.78, 5) is 4.67. The zero-order valence-electron chi connectivity index (χ0n) is 13.7. The molecule has 0 aliphatic carbocycles. The lowest BCUT2D eigenvalue weighted by Crippen LogP contribution is -2.38. The second-order valence-electron chi connectivity index (χ2n) is 5.32. The van der Waals surface area contributed by atoms with Gasteiger partial charge < -0.3 is 10.6 Å². The van der Waals surface area contributed by atoms with Crippen molar-refractivity contribution in [3.8, 4) is 0 Å². The van der Waals surface area contributed by atoms with E-state index in [4.69, 9.17) is 0 Å². The molecule has 0 saturated carbocycles. The highest BCUT2D eigenvalue weighted by Crippen LogP contribution is 2.16. The van der Waals surface area contributed by atoms with E-state index in [0.717, 1.165) is 36.5 Å². The Kier molecular flexibility index (Phi) is 7.13. The minimum absolute atomic E-state index is 0.674. The lowest BCUT2D eigenvalue weighted by Gasteiger charge is -2.12. The molecule has 0 amide bonds. The van der Waals surface area contributed by atoms with Gasteiger partial charge in [-0.25, -0.2) is 4.99 Å². The number of nitrogens with one attached hydrogen (secondary N) is 2. The average Bonchev–Trinajstić information content (AvgIpc) is 3.03. The molecule has 5 nitrogen and oxygen atoms in total. The molecule has 0 aliphatic rings. The fourth-order valence-corrected chi connectivity index (χ4v) is 2.70. The molecule has 0 aliphatic heterocycles. The van der Waals surface area contributed by atoms with Gasteiger partial charge in [0.1, 0.15) is 0 Å². The number of benzene rings is 1. The molecule has 0 bridgehead atoms. The number of hydrogen-bond acceptors (Lipinski definition) is 2. The summed E-state index contributed by atoms with van der Waals surface area (Å²) in [5.74, 6) is 0.857. The van der Waals surface area contributed by atoms with E-state index < -0.39 is 0 Å². The molecule has 1 heterocycles. The van der Waals surface area contributed by atoms with Crippen molar-refractivity contribution < 1.29 is 0 Å². The van der Waals surface area contributed by atoms with Crippen molar-refractivity contribution in [2.45, 2.75) is 33.4 Å². The lowest BCUT2D eigenvalue weighted by molar-refractivity contribution is 0.570. The van der Waals surface area contributed by atoms with Crippen molar-refractivity contribution in [2.24, 2.45) is 4.99 Å². The largest absolute Gasteiger partial charge is 0.357 e. The van der Waals surface area contributed by atoms with E-state index in [1.54, 1.807) is 6.20 Å². The van der Waals surface area contributed by atoms with Crippen LogP contribution in [0.15, 0.2) is 46.1 Å². The zero-order valence-corrected chi connectivity index (χ0v) is 15.3. The third-order valence-electron chi connectivity index (χ3n) is 3.47. The fraction of sp³-hybridized carbons (Fsp3) is 0.412. The summed E-state index contributed by atoms with van der Waals surface area (Å²) < 4.78 is 3.04. The number of aromatic nitrogens is 2. The summed E-state index contributed by atoms with van der Waals surface area (Å²) in [5.41, 5.74) is 2.49. The van der Waals surface area contributed by atoms with E-state index in [0.29, 0.717) is 6.54 Å². The molecule has 0 spiro atoms. The highest BCUT2D eigenvalue weighted by atomic mass is 79.9. The van der Waals surface area contributed by atoms with Crippen LogP contribution in [0.3, 0.4) is 0 Å². The van der Waals surface area contributed by atoms with Crippen molar-refractivity contribution in [1.29, 1.82) is 0 Å². The summed E-state index contributed by atoms with van der Waals surface area (Å²) in [5, 5.41) is 10.9. The molecule has 1 aromatic heterocycles. The quantitative estimate of drug-likeness (QED) is 0.442. The van der Waals surface area contributed by atoms with Crippen LogP contribution in [0.1, 0.15) is 24.5 Å². The predicted molar refractivity (Wildman–Crippen MR) is 98.5 cm³/mol. The Morgan fingerprint density at radius 2 is 2.22 bits per heavy atom. The van der Waals surface area contributed by atoms with Gasteiger partial charge in [-0.05, 0) is 49.6 Å². The first kappa shape index (κ1) is 17.5. The monoisotopic (exact) mass is 377 g/mol. The van der Waals surface area contributed by atoms with Crippen molar-refractivity contribution in [2.75, 3.05) is 13.1 Å². The third kappa shape index (κ3) is 6.06. The van der Waals surface area contributed by atoms with Gasteiger partial charge >= 0.3 is 0 Å². The Morgan fingerprint density at radius 3 is 2.91 bits per heavy atom. The van der Waals surface area contributed by atoms with Crippen LogP contribution in [0.4, 0.5) is 0 Å². The fourth-order valence-electron chi connectivity index (χ4n) is 2.22. The first-order valence-electron chi connectivity index (χ1n) is 7.93. The first-order valence-corrected chi connectivity index (χ1v) is 8.73. The van der Waals surface area contributed by atoms with E-state index in [1.165, 1.54) is 11.1 Å². The maximum Gasteiger partial charge on any atom is 0.191 e. The Bertz CT molecular complexity index is 622. The van der Waals surface area contributed by atoms with Gasteiger partial charge in [-0.3, -0.25) is 4.68 Å². The maximum atomic E-state index is 4.67. The number of aryl methyl sites for hydroxylation is 2. The van der Waals surface area contributed by atoms with Crippen LogP contribution in [-0.2, 0) is 13.1 Å². The zero-order chi connectivity index (χ0) is 16.5. The van der Waals surface area contributed by atoms with E-state index in [2.05, 4.69) is 68.7 Å². The van der Waals surface area contributed by atoms with Crippen molar-refractivity contribution in [3.63, 3.8) is 0 Å². The summed E-state index contributed by atoms with van der Waals surface area (Å²) >= 11 is 3.49. The summed E-state index contributed by atoms with van der Waals surface area (Å²) in [6.07, 6.45) is 4.79. The minimum atomic E-state index is 0.674. The van der Waals surface area contributed by atoms with E-state index >= 15 is 0 Å². The molecule has 0 radical (unpaired) electrons. The Hall–Kier alpha value is -1.82.